The maximum absolute atomic E-state index is 12.5. The van der Waals surface area contributed by atoms with Gasteiger partial charge in [0.2, 0.25) is 0 Å². The second-order valence-electron chi connectivity index (χ2n) is 5.85. The number of benzene rings is 1. The predicted octanol–water partition coefficient (Wildman–Crippen LogP) is 3.52. The van der Waals surface area contributed by atoms with Gasteiger partial charge in [-0.15, -0.1) is 0 Å². The van der Waals surface area contributed by atoms with E-state index in [1.165, 1.54) is 6.42 Å². The molecule has 5 heteroatoms. The van der Waals surface area contributed by atoms with Crippen LogP contribution in [0.25, 0.3) is 0 Å². The molecule has 20 heavy (non-hydrogen) atoms. The van der Waals surface area contributed by atoms with Crippen molar-refractivity contribution in [3.8, 4) is 0 Å². The van der Waals surface area contributed by atoms with Crippen molar-refractivity contribution in [2.24, 2.45) is 17.7 Å². The number of alkyl halides is 3. The Morgan fingerprint density at radius 1 is 1.25 bits per heavy atom. The van der Waals surface area contributed by atoms with Gasteiger partial charge in [0.25, 0.3) is 0 Å². The summed E-state index contributed by atoms with van der Waals surface area (Å²) in [4.78, 5) is 0. The zero-order chi connectivity index (χ0) is 14.8. The molecule has 2 nitrogen and oxygen atoms in total. The SMILES string of the molecule is CC1CCC(C(Cc2ccc(C(F)(F)F)cc2)NN)C1. The first-order valence-electron chi connectivity index (χ1n) is 7.02. The predicted molar refractivity (Wildman–Crippen MR) is 72.8 cm³/mol. The summed E-state index contributed by atoms with van der Waals surface area (Å²) in [6.45, 7) is 2.23. The van der Waals surface area contributed by atoms with Gasteiger partial charge in [0.1, 0.15) is 0 Å². The van der Waals surface area contributed by atoms with Crippen molar-refractivity contribution < 1.29 is 13.2 Å². The van der Waals surface area contributed by atoms with Crippen LogP contribution in [0.4, 0.5) is 13.2 Å². The molecular formula is C15H21F3N2. The Balaban J connectivity index is 2.01. The first-order valence-corrected chi connectivity index (χ1v) is 7.02. The van der Waals surface area contributed by atoms with Crippen LogP contribution in [0, 0.1) is 11.8 Å². The molecule has 112 valence electrons. The Morgan fingerprint density at radius 2 is 1.90 bits per heavy atom. The lowest BCUT2D eigenvalue weighted by Crippen LogP contribution is -2.41. The van der Waals surface area contributed by atoms with E-state index in [4.69, 9.17) is 5.84 Å². The zero-order valence-corrected chi connectivity index (χ0v) is 11.6. The standard InChI is InChI=1S/C15H21F3N2/c1-10-2-5-12(8-10)14(20-19)9-11-3-6-13(7-4-11)15(16,17)18/h3-4,6-7,10,12,14,20H,2,5,8-9,19H2,1H3. The van der Waals surface area contributed by atoms with Crippen LogP contribution in [0.5, 0.6) is 0 Å². The van der Waals surface area contributed by atoms with Gasteiger partial charge < -0.3 is 0 Å². The average Bonchev–Trinajstić information content (AvgIpc) is 2.82. The van der Waals surface area contributed by atoms with Crippen LogP contribution in [0.1, 0.15) is 37.3 Å². The van der Waals surface area contributed by atoms with Gasteiger partial charge in [-0.25, -0.2) is 0 Å². The van der Waals surface area contributed by atoms with Gasteiger partial charge in [-0.2, -0.15) is 13.2 Å². The highest BCUT2D eigenvalue weighted by Crippen LogP contribution is 2.34. The van der Waals surface area contributed by atoms with Crippen molar-refractivity contribution in [1.29, 1.82) is 0 Å². The number of rotatable bonds is 4. The number of nitrogens with one attached hydrogen (secondary N) is 1. The first-order chi connectivity index (χ1) is 9.40. The van der Waals surface area contributed by atoms with Crippen molar-refractivity contribution in [2.45, 2.75) is 44.8 Å². The van der Waals surface area contributed by atoms with E-state index in [1.54, 1.807) is 12.1 Å². The smallest absolute Gasteiger partial charge is 0.271 e. The summed E-state index contributed by atoms with van der Waals surface area (Å²) in [5, 5.41) is 0. The molecule has 3 N–H and O–H groups in total. The molecule has 0 amide bonds. The minimum atomic E-state index is -4.27. The topological polar surface area (TPSA) is 38.0 Å². The van der Waals surface area contributed by atoms with Gasteiger partial charge in [0.05, 0.1) is 5.56 Å². The van der Waals surface area contributed by atoms with Gasteiger partial charge >= 0.3 is 6.18 Å². The van der Waals surface area contributed by atoms with Crippen molar-refractivity contribution in [2.75, 3.05) is 0 Å². The van der Waals surface area contributed by atoms with Crippen LogP contribution >= 0.6 is 0 Å². The molecule has 3 unspecified atom stereocenters. The molecule has 1 saturated carbocycles. The van der Waals surface area contributed by atoms with Crippen LogP contribution in [-0.2, 0) is 12.6 Å². The Kier molecular flexibility index (Phi) is 4.70. The minimum absolute atomic E-state index is 0.136. The second kappa shape index (κ2) is 6.14. The molecule has 1 aromatic carbocycles. The van der Waals surface area contributed by atoms with Crippen molar-refractivity contribution in [3.05, 3.63) is 35.4 Å². The molecule has 1 fully saturated rings. The monoisotopic (exact) mass is 286 g/mol. The van der Waals surface area contributed by atoms with Crippen LogP contribution < -0.4 is 11.3 Å². The number of halogens is 3. The summed E-state index contributed by atoms with van der Waals surface area (Å²) in [5.41, 5.74) is 3.12. The molecule has 2 rings (SSSR count). The van der Waals surface area contributed by atoms with Crippen LogP contribution in [0.15, 0.2) is 24.3 Å². The van der Waals surface area contributed by atoms with Crippen LogP contribution in [-0.4, -0.2) is 6.04 Å². The van der Waals surface area contributed by atoms with E-state index in [-0.39, 0.29) is 6.04 Å². The van der Waals surface area contributed by atoms with E-state index < -0.39 is 11.7 Å². The highest BCUT2D eigenvalue weighted by molar-refractivity contribution is 5.25. The summed E-state index contributed by atoms with van der Waals surface area (Å²) in [6.07, 6.45) is -0.126. The fraction of sp³-hybridized carbons (Fsp3) is 0.600. The second-order valence-corrected chi connectivity index (χ2v) is 5.85. The molecule has 1 aliphatic carbocycles. The molecule has 1 aliphatic rings. The maximum Gasteiger partial charge on any atom is 0.416 e. The molecular weight excluding hydrogens is 265 g/mol. The lowest BCUT2D eigenvalue weighted by atomic mass is 9.91. The largest absolute Gasteiger partial charge is 0.416 e. The highest BCUT2D eigenvalue weighted by Gasteiger charge is 2.31. The number of hydrazine groups is 1. The Hall–Kier alpha value is -1.07. The molecule has 1 aromatic rings. The molecule has 0 aromatic heterocycles. The van der Waals surface area contributed by atoms with Crippen molar-refractivity contribution in [1.82, 2.24) is 5.43 Å². The molecule has 3 atom stereocenters. The fourth-order valence-corrected chi connectivity index (χ4v) is 3.06. The number of hydrogen-bond donors (Lipinski definition) is 2. The van der Waals surface area contributed by atoms with Crippen LogP contribution in [0.2, 0.25) is 0 Å². The lowest BCUT2D eigenvalue weighted by molar-refractivity contribution is -0.137. The highest BCUT2D eigenvalue weighted by atomic mass is 19.4. The van der Waals surface area contributed by atoms with E-state index in [2.05, 4.69) is 12.3 Å². The third-order valence-corrected chi connectivity index (χ3v) is 4.26. The number of nitrogens with two attached hydrogens (primary N) is 1. The van der Waals surface area contributed by atoms with E-state index in [1.807, 2.05) is 0 Å². The van der Waals surface area contributed by atoms with Gasteiger partial charge in [0.15, 0.2) is 0 Å². The molecule has 0 heterocycles. The van der Waals surface area contributed by atoms with Crippen LogP contribution in [0.3, 0.4) is 0 Å². The Bertz CT molecular complexity index is 428. The maximum atomic E-state index is 12.5. The Labute approximate surface area is 117 Å². The molecule has 0 aliphatic heterocycles. The third-order valence-electron chi connectivity index (χ3n) is 4.26. The van der Waals surface area contributed by atoms with Crippen molar-refractivity contribution >= 4 is 0 Å². The number of hydrogen-bond acceptors (Lipinski definition) is 2. The summed E-state index contributed by atoms with van der Waals surface area (Å²) in [6, 6.07) is 5.51. The van der Waals surface area contributed by atoms with E-state index in [0.29, 0.717) is 18.3 Å². The molecule has 0 saturated heterocycles. The fourth-order valence-electron chi connectivity index (χ4n) is 3.06. The average molecular weight is 286 g/mol. The zero-order valence-electron chi connectivity index (χ0n) is 11.6. The third kappa shape index (κ3) is 3.73. The summed E-state index contributed by atoms with van der Waals surface area (Å²) in [7, 11) is 0. The molecule has 0 bridgehead atoms. The van der Waals surface area contributed by atoms with Gasteiger partial charge in [0, 0.05) is 6.04 Å². The lowest BCUT2D eigenvalue weighted by Gasteiger charge is -2.23. The summed E-state index contributed by atoms with van der Waals surface area (Å²) in [5.74, 6) is 6.84. The summed E-state index contributed by atoms with van der Waals surface area (Å²) < 4.78 is 37.5. The minimum Gasteiger partial charge on any atom is -0.271 e. The Morgan fingerprint density at radius 3 is 2.35 bits per heavy atom. The molecule has 0 spiro atoms. The van der Waals surface area contributed by atoms with Gasteiger partial charge in [-0.3, -0.25) is 11.3 Å². The molecule has 0 radical (unpaired) electrons. The quantitative estimate of drug-likeness (QED) is 0.656. The van der Waals surface area contributed by atoms with Gasteiger partial charge in [-0.1, -0.05) is 25.5 Å². The van der Waals surface area contributed by atoms with E-state index in [0.717, 1.165) is 30.5 Å². The summed E-state index contributed by atoms with van der Waals surface area (Å²) >= 11 is 0. The van der Waals surface area contributed by atoms with E-state index >= 15 is 0 Å². The van der Waals surface area contributed by atoms with Gasteiger partial charge in [-0.05, 0) is 48.8 Å². The first kappa shape index (κ1) is 15.3. The van der Waals surface area contributed by atoms with Crippen molar-refractivity contribution in [3.63, 3.8) is 0 Å². The van der Waals surface area contributed by atoms with E-state index in [9.17, 15) is 13.2 Å². The normalized spacial score (nSPS) is 24.9.